The molecule has 6 heteroatoms. The van der Waals surface area contributed by atoms with E-state index < -0.39 is 0 Å². The minimum atomic E-state index is 0.159. The fraction of sp³-hybridized carbons (Fsp3) is 0.429. The molecule has 5 nitrogen and oxygen atoms in total. The topological polar surface area (TPSA) is 62.9 Å². The number of hydrogen-bond donors (Lipinski definition) is 2. The second-order valence-corrected chi connectivity index (χ2v) is 5.23. The minimum absolute atomic E-state index is 0.159. The SMILES string of the molecule is COc1ccc(C=NNC(N)=S)cc1CN1CCCC1. The Morgan fingerprint density at radius 3 is 2.90 bits per heavy atom. The quantitative estimate of drug-likeness (QED) is 0.489. The van der Waals surface area contributed by atoms with Gasteiger partial charge in [-0.15, -0.1) is 0 Å². The molecule has 1 saturated heterocycles. The zero-order valence-electron chi connectivity index (χ0n) is 11.6. The Morgan fingerprint density at radius 1 is 1.50 bits per heavy atom. The number of likely N-dealkylation sites (tertiary alicyclic amines) is 1. The summed E-state index contributed by atoms with van der Waals surface area (Å²) in [6.07, 6.45) is 4.26. The third-order valence-corrected chi connectivity index (χ3v) is 3.38. The van der Waals surface area contributed by atoms with E-state index in [9.17, 15) is 0 Å². The highest BCUT2D eigenvalue weighted by Crippen LogP contribution is 2.22. The Kier molecular flexibility index (Phi) is 5.31. The smallest absolute Gasteiger partial charge is 0.184 e. The Balaban J connectivity index is 2.10. The maximum absolute atomic E-state index is 5.43. The number of hydrazone groups is 1. The normalized spacial score (nSPS) is 15.7. The van der Waals surface area contributed by atoms with Crippen LogP contribution < -0.4 is 15.9 Å². The van der Waals surface area contributed by atoms with Crippen LogP contribution in [0, 0.1) is 0 Å². The summed E-state index contributed by atoms with van der Waals surface area (Å²) in [5, 5.41) is 4.13. The fourth-order valence-corrected chi connectivity index (χ4v) is 2.41. The molecule has 0 unspecified atom stereocenters. The molecule has 1 aromatic rings. The molecular formula is C14H20N4OS. The molecule has 0 atom stereocenters. The van der Waals surface area contributed by atoms with Crippen LogP contribution in [0.4, 0.5) is 0 Å². The van der Waals surface area contributed by atoms with Crippen molar-refractivity contribution in [2.75, 3.05) is 20.2 Å². The zero-order chi connectivity index (χ0) is 14.4. The summed E-state index contributed by atoms with van der Waals surface area (Å²) in [7, 11) is 1.70. The standard InChI is InChI=1S/C14H20N4OS/c1-19-13-5-4-11(9-16-17-14(15)20)8-12(13)10-18-6-2-3-7-18/h4-5,8-9H,2-3,6-7,10H2,1H3,(H3,15,17,20). The van der Waals surface area contributed by atoms with E-state index in [2.05, 4.69) is 21.5 Å². The summed E-state index contributed by atoms with van der Waals surface area (Å²) in [4.78, 5) is 2.44. The van der Waals surface area contributed by atoms with Gasteiger partial charge in [0.25, 0.3) is 0 Å². The molecule has 0 radical (unpaired) electrons. The first-order valence-corrected chi connectivity index (χ1v) is 7.07. The van der Waals surface area contributed by atoms with Crippen LogP contribution in [0.15, 0.2) is 23.3 Å². The van der Waals surface area contributed by atoms with Crippen LogP contribution in [-0.4, -0.2) is 36.4 Å². The molecule has 0 bridgehead atoms. The van der Waals surface area contributed by atoms with E-state index in [4.69, 9.17) is 22.7 Å². The van der Waals surface area contributed by atoms with Crippen molar-refractivity contribution < 1.29 is 4.74 Å². The van der Waals surface area contributed by atoms with Gasteiger partial charge in [0.05, 0.1) is 13.3 Å². The van der Waals surface area contributed by atoms with Crippen LogP contribution >= 0.6 is 12.2 Å². The van der Waals surface area contributed by atoms with Crippen LogP contribution in [-0.2, 0) is 6.54 Å². The third kappa shape index (κ3) is 4.18. The lowest BCUT2D eigenvalue weighted by atomic mass is 10.1. The molecule has 1 aliphatic rings. The number of nitrogens with two attached hydrogens (primary N) is 1. The third-order valence-electron chi connectivity index (χ3n) is 3.29. The molecule has 0 aliphatic carbocycles. The summed E-state index contributed by atoms with van der Waals surface area (Å²) in [5.41, 5.74) is 10.0. The van der Waals surface area contributed by atoms with Crippen LogP contribution in [0.5, 0.6) is 5.75 Å². The molecule has 1 fully saturated rings. The summed E-state index contributed by atoms with van der Waals surface area (Å²) in [6, 6.07) is 6.01. The van der Waals surface area contributed by atoms with E-state index in [0.29, 0.717) is 0 Å². The fourth-order valence-electron chi connectivity index (χ4n) is 2.35. The van der Waals surface area contributed by atoms with Crippen molar-refractivity contribution in [1.82, 2.24) is 10.3 Å². The van der Waals surface area contributed by atoms with Crippen molar-refractivity contribution in [2.45, 2.75) is 19.4 Å². The lowest BCUT2D eigenvalue weighted by molar-refractivity contribution is 0.321. The van der Waals surface area contributed by atoms with E-state index in [1.807, 2.05) is 12.1 Å². The van der Waals surface area contributed by atoms with Gasteiger partial charge in [0, 0.05) is 12.1 Å². The number of rotatable bonds is 5. The van der Waals surface area contributed by atoms with Crippen LogP contribution in [0.3, 0.4) is 0 Å². The lowest BCUT2D eigenvalue weighted by Crippen LogP contribution is -2.24. The summed E-state index contributed by atoms with van der Waals surface area (Å²) in [6.45, 7) is 3.22. The number of nitrogens with one attached hydrogen (secondary N) is 1. The second-order valence-electron chi connectivity index (χ2n) is 4.79. The van der Waals surface area contributed by atoms with Crippen molar-refractivity contribution in [3.8, 4) is 5.75 Å². The van der Waals surface area contributed by atoms with Crippen LogP contribution in [0.1, 0.15) is 24.0 Å². The van der Waals surface area contributed by atoms with Crippen LogP contribution in [0.25, 0.3) is 0 Å². The van der Waals surface area contributed by atoms with Crippen molar-refractivity contribution in [3.05, 3.63) is 29.3 Å². The molecule has 108 valence electrons. The van der Waals surface area contributed by atoms with E-state index >= 15 is 0 Å². The van der Waals surface area contributed by atoms with Gasteiger partial charge in [0.1, 0.15) is 5.75 Å². The number of nitrogens with zero attached hydrogens (tertiary/aromatic N) is 2. The number of hydrogen-bond acceptors (Lipinski definition) is 4. The van der Waals surface area contributed by atoms with Gasteiger partial charge in [-0.05, 0) is 61.9 Å². The van der Waals surface area contributed by atoms with Crippen molar-refractivity contribution in [1.29, 1.82) is 0 Å². The molecule has 1 heterocycles. The van der Waals surface area contributed by atoms with Gasteiger partial charge < -0.3 is 10.5 Å². The first-order valence-electron chi connectivity index (χ1n) is 6.67. The predicted molar refractivity (Wildman–Crippen MR) is 85.0 cm³/mol. The average molecular weight is 292 g/mol. The van der Waals surface area contributed by atoms with E-state index in [0.717, 1.165) is 30.9 Å². The van der Waals surface area contributed by atoms with Gasteiger partial charge in [-0.2, -0.15) is 5.10 Å². The largest absolute Gasteiger partial charge is 0.496 e. The molecule has 1 aliphatic heterocycles. The van der Waals surface area contributed by atoms with E-state index in [1.165, 1.54) is 18.4 Å². The van der Waals surface area contributed by atoms with Gasteiger partial charge in [-0.1, -0.05) is 0 Å². The average Bonchev–Trinajstić information content (AvgIpc) is 2.91. The highest BCUT2D eigenvalue weighted by atomic mass is 32.1. The number of thiocarbonyl (C=S) groups is 1. The molecule has 0 spiro atoms. The molecule has 3 N–H and O–H groups in total. The first kappa shape index (κ1) is 14.7. The summed E-state index contributed by atoms with van der Waals surface area (Å²) in [5.74, 6) is 0.913. The monoisotopic (exact) mass is 292 g/mol. The molecule has 0 saturated carbocycles. The molecule has 0 aromatic heterocycles. The predicted octanol–water partition coefficient (Wildman–Crippen LogP) is 1.46. The summed E-state index contributed by atoms with van der Waals surface area (Å²) < 4.78 is 5.43. The van der Waals surface area contributed by atoms with Crippen LogP contribution in [0.2, 0.25) is 0 Å². The lowest BCUT2D eigenvalue weighted by Gasteiger charge is -2.17. The van der Waals surface area contributed by atoms with Gasteiger partial charge in [-0.25, -0.2) is 0 Å². The first-order chi connectivity index (χ1) is 9.69. The Morgan fingerprint density at radius 2 is 2.25 bits per heavy atom. The Hall–Kier alpha value is -1.66. The van der Waals surface area contributed by atoms with Gasteiger partial charge in [-0.3, -0.25) is 10.3 Å². The molecule has 1 aromatic carbocycles. The molecule has 2 rings (SSSR count). The Bertz CT molecular complexity index is 498. The molecule has 20 heavy (non-hydrogen) atoms. The highest BCUT2D eigenvalue weighted by molar-refractivity contribution is 7.80. The van der Waals surface area contributed by atoms with Crippen molar-refractivity contribution >= 4 is 23.5 Å². The van der Waals surface area contributed by atoms with E-state index in [-0.39, 0.29) is 5.11 Å². The number of benzene rings is 1. The summed E-state index contributed by atoms with van der Waals surface area (Å²) >= 11 is 4.70. The zero-order valence-corrected chi connectivity index (χ0v) is 12.4. The van der Waals surface area contributed by atoms with Gasteiger partial charge >= 0.3 is 0 Å². The molecule has 0 amide bonds. The number of ether oxygens (including phenoxy) is 1. The van der Waals surface area contributed by atoms with Crippen molar-refractivity contribution in [3.63, 3.8) is 0 Å². The van der Waals surface area contributed by atoms with Crippen molar-refractivity contribution in [2.24, 2.45) is 10.8 Å². The Labute approximate surface area is 124 Å². The molecular weight excluding hydrogens is 272 g/mol. The minimum Gasteiger partial charge on any atom is -0.496 e. The van der Waals surface area contributed by atoms with E-state index in [1.54, 1.807) is 13.3 Å². The maximum atomic E-state index is 5.43. The maximum Gasteiger partial charge on any atom is 0.184 e. The number of methoxy groups -OCH3 is 1. The second kappa shape index (κ2) is 7.21. The highest BCUT2D eigenvalue weighted by Gasteiger charge is 2.14. The van der Waals surface area contributed by atoms with Gasteiger partial charge in [0.2, 0.25) is 0 Å². The van der Waals surface area contributed by atoms with Gasteiger partial charge in [0.15, 0.2) is 5.11 Å².